The highest BCUT2D eigenvalue weighted by Crippen LogP contribution is 2.41. The molecule has 1 aromatic carbocycles. The Morgan fingerprint density at radius 1 is 1.29 bits per heavy atom. The Labute approximate surface area is 136 Å². The number of aromatic nitrogens is 1. The first kappa shape index (κ1) is 14.9. The highest BCUT2D eigenvalue weighted by molar-refractivity contribution is 8.06. The minimum Gasteiger partial charge on any atom is -0.481 e. The van der Waals surface area contributed by atoms with Crippen molar-refractivity contribution >= 4 is 40.8 Å². The lowest BCUT2D eigenvalue weighted by Crippen LogP contribution is -2.05. The molecule has 0 bridgehead atoms. The lowest BCUT2D eigenvalue weighted by Gasteiger charge is -2.18. The summed E-state index contributed by atoms with van der Waals surface area (Å²) in [5.74, 6) is 2.61. The smallest absolute Gasteiger partial charge is 0.308 e. The topological polar surface area (TPSA) is 50.2 Å². The fourth-order valence-corrected chi connectivity index (χ4v) is 6.28. The summed E-state index contributed by atoms with van der Waals surface area (Å²) in [6.45, 7) is 0. The summed E-state index contributed by atoms with van der Waals surface area (Å²) in [7, 11) is 0. The minimum atomic E-state index is -0.798. The Morgan fingerprint density at radius 2 is 2.10 bits per heavy atom. The van der Waals surface area contributed by atoms with Gasteiger partial charge in [-0.25, -0.2) is 4.98 Å². The van der Waals surface area contributed by atoms with E-state index in [1.165, 1.54) is 5.75 Å². The van der Waals surface area contributed by atoms with Crippen LogP contribution in [-0.2, 0) is 11.2 Å². The molecule has 1 saturated heterocycles. The van der Waals surface area contributed by atoms with Gasteiger partial charge >= 0.3 is 5.97 Å². The van der Waals surface area contributed by atoms with Gasteiger partial charge in [-0.1, -0.05) is 30.3 Å². The summed E-state index contributed by atoms with van der Waals surface area (Å²) in [5.41, 5.74) is 1.85. The number of benzene rings is 1. The van der Waals surface area contributed by atoms with Crippen molar-refractivity contribution in [1.29, 1.82) is 0 Å². The quantitative estimate of drug-likeness (QED) is 0.915. The second-order valence-electron chi connectivity index (χ2n) is 4.69. The van der Waals surface area contributed by atoms with Crippen LogP contribution in [0.15, 0.2) is 30.3 Å². The van der Waals surface area contributed by atoms with E-state index < -0.39 is 5.97 Å². The van der Waals surface area contributed by atoms with Crippen molar-refractivity contribution in [2.45, 2.75) is 11.7 Å². The van der Waals surface area contributed by atoms with Crippen LogP contribution in [0.3, 0.4) is 0 Å². The predicted octanol–water partition coefficient (Wildman–Crippen LogP) is 3.96. The zero-order valence-electron chi connectivity index (χ0n) is 11.3. The zero-order chi connectivity index (χ0) is 14.7. The van der Waals surface area contributed by atoms with Crippen LogP contribution in [0.25, 0.3) is 11.3 Å². The van der Waals surface area contributed by atoms with Crippen molar-refractivity contribution in [3.05, 3.63) is 40.2 Å². The number of carboxylic acid groups (broad SMARTS) is 1. The molecule has 21 heavy (non-hydrogen) atoms. The van der Waals surface area contributed by atoms with Crippen LogP contribution < -0.4 is 0 Å². The third-order valence-corrected chi connectivity index (χ3v) is 7.25. The van der Waals surface area contributed by atoms with E-state index in [0.717, 1.165) is 32.6 Å². The molecular weight excluding hydrogens is 322 g/mol. The molecule has 0 spiro atoms. The van der Waals surface area contributed by atoms with Gasteiger partial charge < -0.3 is 5.11 Å². The maximum Gasteiger partial charge on any atom is 0.308 e. The summed E-state index contributed by atoms with van der Waals surface area (Å²) in [6, 6.07) is 9.87. The Bertz CT molecular complexity index is 621. The molecule has 2 aromatic rings. The van der Waals surface area contributed by atoms with Crippen molar-refractivity contribution < 1.29 is 9.90 Å². The van der Waals surface area contributed by atoms with E-state index in [-0.39, 0.29) is 6.42 Å². The second-order valence-corrected chi connectivity index (χ2v) is 8.27. The molecular formula is C15H15NO2S3. The number of nitrogens with zero attached hydrogens (tertiary/aromatic N) is 1. The van der Waals surface area contributed by atoms with E-state index >= 15 is 0 Å². The van der Waals surface area contributed by atoms with Gasteiger partial charge in [0.25, 0.3) is 0 Å². The van der Waals surface area contributed by atoms with Crippen molar-refractivity contribution in [2.75, 3.05) is 17.3 Å². The standard InChI is InChI=1S/C15H15NO2S3/c17-13(18)8-11-14(10-4-2-1-3-5-10)16-15(21-11)12-9-19-6-7-20-12/h1-5,12H,6-9H2,(H,17,18). The van der Waals surface area contributed by atoms with E-state index in [1.54, 1.807) is 11.3 Å². The highest BCUT2D eigenvalue weighted by Gasteiger charge is 2.23. The third-order valence-electron chi connectivity index (χ3n) is 3.16. The summed E-state index contributed by atoms with van der Waals surface area (Å²) in [4.78, 5) is 16.7. The van der Waals surface area contributed by atoms with Gasteiger partial charge in [-0.05, 0) is 0 Å². The van der Waals surface area contributed by atoms with Crippen molar-refractivity contribution in [3.63, 3.8) is 0 Å². The Morgan fingerprint density at radius 3 is 2.76 bits per heavy atom. The maximum absolute atomic E-state index is 11.1. The molecule has 1 fully saturated rings. The summed E-state index contributed by atoms with van der Waals surface area (Å²) < 4.78 is 0. The van der Waals surface area contributed by atoms with Gasteiger partial charge in [0.1, 0.15) is 5.01 Å². The highest BCUT2D eigenvalue weighted by atomic mass is 32.2. The molecule has 1 aliphatic rings. The number of aliphatic carboxylic acids is 1. The van der Waals surface area contributed by atoms with Gasteiger partial charge in [0, 0.05) is 27.7 Å². The fourth-order valence-electron chi connectivity index (χ4n) is 2.22. The zero-order valence-corrected chi connectivity index (χ0v) is 13.8. The van der Waals surface area contributed by atoms with E-state index in [0.29, 0.717) is 5.25 Å². The van der Waals surface area contributed by atoms with Crippen LogP contribution in [0.4, 0.5) is 0 Å². The summed E-state index contributed by atoms with van der Waals surface area (Å²) >= 11 is 5.45. The number of carboxylic acids is 1. The molecule has 0 aliphatic carbocycles. The van der Waals surface area contributed by atoms with Crippen LogP contribution in [0.1, 0.15) is 15.1 Å². The molecule has 1 aliphatic heterocycles. The number of hydrogen-bond donors (Lipinski definition) is 1. The SMILES string of the molecule is O=C(O)Cc1sc(C2CSCCS2)nc1-c1ccccc1. The first-order valence-electron chi connectivity index (χ1n) is 6.70. The average Bonchev–Trinajstić information content (AvgIpc) is 2.92. The van der Waals surface area contributed by atoms with Gasteiger partial charge in [-0.3, -0.25) is 4.79 Å². The molecule has 1 atom stereocenters. The number of thiazole rings is 1. The normalized spacial score (nSPS) is 18.6. The maximum atomic E-state index is 11.1. The molecule has 3 rings (SSSR count). The molecule has 3 nitrogen and oxygen atoms in total. The molecule has 6 heteroatoms. The first-order valence-corrected chi connectivity index (χ1v) is 9.72. The Kier molecular flexibility index (Phi) is 4.87. The third kappa shape index (κ3) is 3.62. The van der Waals surface area contributed by atoms with Crippen LogP contribution in [0, 0.1) is 0 Å². The molecule has 0 radical (unpaired) electrons. The number of rotatable bonds is 4. The lowest BCUT2D eigenvalue weighted by atomic mass is 10.1. The van der Waals surface area contributed by atoms with Crippen LogP contribution in [0.2, 0.25) is 0 Å². The molecule has 0 saturated carbocycles. The van der Waals surface area contributed by atoms with Gasteiger partial charge in [0.15, 0.2) is 0 Å². The van der Waals surface area contributed by atoms with Crippen LogP contribution in [-0.4, -0.2) is 33.3 Å². The van der Waals surface area contributed by atoms with Gasteiger partial charge in [-0.2, -0.15) is 11.8 Å². The molecule has 0 amide bonds. The summed E-state index contributed by atoms with van der Waals surface area (Å²) in [5, 5.41) is 10.6. The molecule has 2 heterocycles. The fraction of sp³-hybridized carbons (Fsp3) is 0.333. The van der Waals surface area contributed by atoms with Crippen molar-refractivity contribution in [2.24, 2.45) is 0 Å². The second kappa shape index (κ2) is 6.85. The number of hydrogen-bond acceptors (Lipinski definition) is 5. The lowest BCUT2D eigenvalue weighted by molar-refractivity contribution is -0.136. The molecule has 110 valence electrons. The van der Waals surface area contributed by atoms with Crippen molar-refractivity contribution in [3.8, 4) is 11.3 Å². The summed E-state index contributed by atoms with van der Waals surface area (Å²) in [6.07, 6.45) is 0.0480. The number of thioether (sulfide) groups is 2. The predicted molar refractivity (Wildman–Crippen MR) is 91.4 cm³/mol. The van der Waals surface area contributed by atoms with E-state index in [4.69, 9.17) is 10.1 Å². The van der Waals surface area contributed by atoms with Crippen LogP contribution in [0.5, 0.6) is 0 Å². The largest absolute Gasteiger partial charge is 0.481 e. The minimum absolute atomic E-state index is 0.0480. The van der Waals surface area contributed by atoms with Gasteiger partial charge in [-0.15, -0.1) is 23.1 Å². The van der Waals surface area contributed by atoms with Gasteiger partial charge in [0.2, 0.25) is 0 Å². The Balaban J connectivity index is 1.96. The van der Waals surface area contributed by atoms with E-state index in [9.17, 15) is 4.79 Å². The first-order chi connectivity index (χ1) is 10.2. The molecule has 1 N–H and O–H groups in total. The average molecular weight is 337 g/mol. The monoisotopic (exact) mass is 337 g/mol. The van der Waals surface area contributed by atoms with Crippen LogP contribution >= 0.6 is 34.9 Å². The Hall–Kier alpha value is -0.980. The van der Waals surface area contributed by atoms with Crippen molar-refractivity contribution in [1.82, 2.24) is 4.98 Å². The van der Waals surface area contributed by atoms with E-state index in [2.05, 4.69) is 0 Å². The molecule has 1 unspecified atom stereocenters. The van der Waals surface area contributed by atoms with Gasteiger partial charge in [0.05, 0.1) is 17.4 Å². The number of carbonyl (C=O) groups is 1. The molecule has 1 aromatic heterocycles. The van der Waals surface area contributed by atoms with E-state index in [1.807, 2.05) is 53.9 Å².